The van der Waals surface area contributed by atoms with E-state index in [0.717, 1.165) is 34.8 Å². The Balaban J connectivity index is 1.28. The van der Waals surface area contributed by atoms with E-state index in [1.165, 1.54) is 16.9 Å². The van der Waals surface area contributed by atoms with Crippen molar-refractivity contribution in [1.29, 1.82) is 0 Å². The van der Waals surface area contributed by atoms with Crippen LogP contribution in [-0.4, -0.2) is 53.5 Å². The minimum absolute atomic E-state index is 0.0484. The number of carbonyl (C=O) groups is 2. The van der Waals surface area contributed by atoms with Crippen molar-refractivity contribution in [3.05, 3.63) is 81.8 Å². The fraction of sp³-hybridized carbons (Fsp3) is 0.370. The van der Waals surface area contributed by atoms with Gasteiger partial charge in [0.2, 0.25) is 5.91 Å². The molecule has 0 saturated carbocycles. The van der Waals surface area contributed by atoms with Gasteiger partial charge < -0.3 is 20.2 Å². The van der Waals surface area contributed by atoms with Crippen molar-refractivity contribution in [1.82, 2.24) is 15.2 Å². The molecule has 3 aromatic rings. The second-order valence-electron chi connectivity index (χ2n) is 9.03. The van der Waals surface area contributed by atoms with Gasteiger partial charge in [0.15, 0.2) is 0 Å². The average Bonchev–Trinajstić information content (AvgIpc) is 3.53. The first-order valence-corrected chi connectivity index (χ1v) is 12.8. The molecule has 2 atom stereocenters. The molecule has 8 heteroatoms. The first-order chi connectivity index (χ1) is 16.9. The molecule has 1 fully saturated rings. The molecule has 1 aliphatic heterocycles. The Morgan fingerprint density at radius 1 is 1.17 bits per heavy atom. The lowest BCUT2D eigenvalue weighted by Gasteiger charge is -2.27. The Bertz CT molecular complexity index is 1150. The van der Waals surface area contributed by atoms with Gasteiger partial charge >= 0.3 is 0 Å². The van der Waals surface area contributed by atoms with Crippen molar-refractivity contribution < 1.29 is 14.7 Å². The zero-order valence-electron chi connectivity index (χ0n) is 20.2. The molecule has 2 aromatic carbocycles. The number of nitrogens with zero attached hydrogens (tertiary/aromatic N) is 3. The zero-order valence-corrected chi connectivity index (χ0v) is 21.0. The highest BCUT2D eigenvalue weighted by molar-refractivity contribution is 7.09. The van der Waals surface area contributed by atoms with E-state index < -0.39 is 6.10 Å². The highest BCUT2D eigenvalue weighted by Crippen LogP contribution is 2.32. The van der Waals surface area contributed by atoms with Crippen LogP contribution in [0.25, 0.3) is 0 Å². The summed E-state index contributed by atoms with van der Waals surface area (Å²) >= 11 is 1.49. The summed E-state index contributed by atoms with van der Waals surface area (Å²) in [5, 5.41) is 16.1. The second-order valence-corrected chi connectivity index (χ2v) is 9.97. The van der Waals surface area contributed by atoms with Crippen molar-refractivity contribution in [3.63, 3.8) is 0 Å². The van der Waals surface area contributed by atoms with Gasteiger partial charge in [0, 0.05) is 38.1 Å². The van der Waals surface area contributed by atoms with E-state index >= 15 is 0 Å². The van der Waals surface area contributed by atoms with Gasteiger partial charge in [-0.25, -0.2) is 4.98 Å². The SMILES string of the molecule is CN(C)c1ccccc1Cc1csc(CNC(=O)CC(O)C(=O)N2CCCC2c2ccccc2)n1. The van der Waals surface area contributed by atoms with E-state index in [1.807, 2.05) is 61.9 Å². The van der Waals surface area contributed by atoms with Crippen LogP contribution in [0.1, 0.15) is 47.1 Å². The number of nitrogens with one attached hydrogen (secondary N) is 1. The second kappa shape index (κ2) is 11.5. The van der Waals surface area contributed by atoms with Gasteiger partial charge in [0.25, 0.3) is 5.91 Å². The first kappa shape index (κ1) is 24.9. The third kappa shape index (κ3) is 6.26. The fourth-order valence-corrected chi connectivity index (χ4v) is 5.29. The number of benzene rings is 2. The first-order valence-electron chi connectivity index (χ1n) is 11.9. The van der Waals surface area contributed by atoms with Crippen molar-refractivity contribution in [2.75, 3.05) is 25.5 Å². The van der Waals surface area contributed by atoms with Crippen molar-refractivity contribution in [2.24, 2.45) is 0 Å². The molecule has 2 amide bonds. The number of hydrogen-bond donors (Lipinski definition) is 2. The van der Waals surface area contributed by atoms with Crippen LogP contribution in [-0.2, 0) is 22.6 Å². The Morgan fingerprint density at radius 2 is 1.91 bits per heavy atom. The standard InChI is InChI=1S/C27H32N4O3S/c1-30(2)22-12-7-6-11-20(22)15-21-18-35-26(29-21)17-28-25(33)16-24(32)27(34)31-14-8-13-23(31)19-9-4-3-5-10-19/h3-7,9-12,18,23-24,32H,8,13-17H2,1-2H3,(H,28,33). The molecule has 184 valence electrons. The molecule has 0 bridgehead atoms. The summed E-state index contributed by atoms with van der Waals surface area (Å²) in [4.78, 5) is 33.7. The summed E-state index contributed by atoms with van der Waals surface area (Å²) in [6.07, 6.45) is 0.847. The molecule has 0 spiro atoms. The van der Waals surface area contributed by atoms with Gasteiger partial charge in [0.05, 0.1) is 24.7 Å². The molecule has 7 nitrogen and oxygen atoms in total. The number of likely N-dealkylation sites (tertiary alicyclic amines) is 1. The Kier molecular flexibility index (Phi) is 8.15. The molecule has 0 radical (unpaired) electrons. The maximum absolute atomic E-state index is 12.9. The van der Waals surface area contributed by atoms with Crippen LogP contribution in [0.15, 0.2) is 60.0 Å². The van der Waals surface area contributed by atoms with E-state index in [-0.39, 0.29) is 30.8 Å². The normalized spacial score (nSPS) is 16.2. The van der Waals surface area contributed by atoms with Gasteiger partial charge in [-0.1, -0.05) is 48.5 Å². The summed E-state index contributed by atoms with van der Waals surface area (Å²) in [5.74, 6) is -0.751. The zero-order chi connectivity index (χ0) is 24.8. The van der Waals surface area contributed by atoms with Gasteiger partial charge in [-0.3, -0.25) is 9.59 Å². The Labute approximate surface area is 210 Å². The topological polar surface area (TPSA) is 85.8 Å². The number of rotatable bonds is 9. The number of amides is 2. The molecule has 2 unspecified atom stereocenters. The molecule has 1 aromatic heterocycles. The molecule has 1 aliphatic rings. The van der Waals surface area contributed by atoms with Crippen LogP contribution in [0.2, 0.25) is 0 Å². The molecule has 4 rings (SSSR count). The van der Waals surface area contributed by atoms with Crippen LogP contribution >= 0.6 is 11.3 Å². The third-order valence-corrected chi connectivity index (χ3v) is 7.16. The lowest BCUT2D eigenvalue weighted by atomic mass is 10.0. The number of thiazole rings is 1. The van der Waals surface area contributed by atoms with Crippen LogP contribution in [0.5, 0.6) is 0 Å². The summed E-state index contributed by atoms with van der Waals surface area (Å²) in [6.45, 7) is 0.867. The average molecular weight is 493 g/mol. The van der Waals surface area contributed by atoms with E-state index in [0.29, 0.717) is 13.0 Å². The lowest BCUT2D eigenvalue weighted by Crippen LogP contribution is -2.41. The van der Waals surface area contributed by atoms with E-state index in [9.17, 15) is 14.7 Å². The molecule has 2 heterocycles. The Hall–Kier alpha value is -3.23. The van der Waals surface area contributed by atoms with Crippen molar-refractivity contribution >= 4 is 28.8 Å². The van der Waals surface area contributed by atoms with Crippen LogP contribution in [0.4, 0.5) is 5.69 Å². The monoisotopic (exact) mass is 492 g/mol. The molecule has 1 saturated heterocycles. The number of aliphatic hydroxyl groups is 1. The lowest BCUT2D eigenvalue weighted by molar-refractivity contribution is -0.144. The fourth-order valence-electron chi connectivity index (χ4n) is 4.56. The predicted octanol–water partition coefficient (Wildman–Crippen LogP) is 3.53. The number of aliphatic hydroxyl groups excluding tert-OH is 1. The van der Waals surface area contributed by atoms with Gasteiger partial charge in [-0.2, -0.15) is 0 Å². The van der Waals surface area contributed by atoms with Crippen LogP contribution in [0, 0.1) is 0 Å². The highest BCUT2D eigenvalue weighted by Gasteiger charge is 2.33. The highest BCUT2D eigenvalue weighted by atomic mass is 32.1. The smallest absolute Gasteiger partial charge is 0.252 e. The maximum atomic E-state index is 12.9. The van der Waals surface area contributed by atoms with E-state index in [4.69, 9.17) is 0 Å². The summed E-state index contributed by atoms with van der Waals surface area (Å²) in [6, 6.07) is 18.0. The maximum Gasteiger partial charge on any atom is 0.252 e. The minimum Gasteiger partial charge on any atom is -0.383 e. The van der Waals surface area contributed by atoms with Gasteiger partial charge in [-0.05, 0) is 30.0 Å². The van der Waals surface area contributed by atoms with Crippen LogP contribution < -0.4 is 10.2 Å². The van der Waals surface area contributed by atoms with E-state index in [1.54, 1.807) is 4.90 Å². The van der Waals surface area contributed by atoms with Crippen molar-refractivity contribution in [3.8, 4) is 0 Å². The number of anilines is 1. The number of carbonyl (C=O) groups excluding carboxylic acids is 2. The van der Waals surface area contributed by atoms with Crippen molar-refractivity contribution in [2.45, 2.75) is 44.4 Å². The largest absolute Gasteiger partial charge is 0.383 e. The molecule has 0 aliphatic carbocycles. The Morgan fingerprint density at radius 3 is 2.69 bits per heavy atom. The number of para-hydroxylation sites is 1. The van der Waals surface area contributed by atoms with E-state index in [2.05, 4.69) is 27.3 Å². The number of hydrogen-bond acceptors (Lipinski definition) is 6. The quantitative estimate of drug-likeness (QED) is 0.477. The van der Waals surface area contributed by atoms with Gasteiger partial charge in [-0.15, -0.1) is 11.3 Å². The summed E-state index contributed by atoms with van der Waals surface area (Å²) in [7, 11) is 4.04. The van der Waals surface area contributed by atoms with Gasteiger partial charge in [0.1, 0.15) is 11.1 Å². The summed E-state index contributed by atoms with van der Waals surface area (Å²) in [5.41, 5.74) is 4.35. The molecule has 2 N–H and O–H groups in total. The summed E-state index contributed by atoms with van der Waals surface area (Å²) < 4.78 is 0. The van der Waals surface area contributed by atoms with Crippen LogP contribution in [0.3, 0.4) is 0 Å². The molecular weight excluding hydrogens is 460 g/mol. The predicted molar refractivity (Wildman–Crippen MR) is 138 cm³/mol. The third-order valence-electron chi connectivity index (χ3n) is 6.27. The molecular formula is C27H32N4O3S. The molecule has 35 heavy (non-hydrogen) atoms. The minimum atomic E-state index is -1.35. The number of aromatic nitrogens is 1.